The fourth-order valence-electron chi connectivity index (χ4n) is 3.46. The van der Waals surface area contributed by atoms with E-state index in [1.54, 1.807) is 0 Å². The zero-order valence-corrected chi connectivity index (χ0v) is 19.8. The third-order valence-electron chi connectivity index (χ3n) is 5.45. The number of benzene rings is 1. The number of ether oxygens (including phenoxy) is 1. The summed E-state index contributed by atoms with van der Waals surface area (Å²) in [4.78, 5) is 12.1. The molecule has 0 heterocycles. The lowest BCUT2D eigenvalue weighted by molar-refractivity contribution is -0.154. The van der Waals surface area contributed by atoms with E-state index < -0.39 is 0 Å². The quantitative estimate of drug-likeness (QED) is 0.261. The number of carbonyl (C=O) groups excluding carboxylic acids is 1. The third-order valence-corrected chi connectivity index (χ3v) is 5.45. The maximum absolute atomic E-state index is 12.1. The van der Waals surface area contributed by atoms with Crippen molar-refractivity contribution in [3.05, 3.63) is 35.9 Å². The van der Waals surface area contributed by atoms with Crippen LogP contribution >= 0.6 is 0 Å². The highest BCUT2D eigenvalue weighted by molar-refractivity contribution is 5.75. The van der Waals surface area contributed by atoms with E-state index in [0.29, 0.717) is 13.2 Å². The fraction of sp³-hybridized carbons (Fsp3) is 0.731. The largest absolute Gasteiger partial charge is 0.465 e. The molecule has 0 bridgehead atoms. The Kier molecular flexibility index (Phi) is 16.7. The van der Waals surface area contributed by atoms with Crippen molar-refractivity contribution in [1.29, 1.82) is 0 Å². The lowest BCUT2D eigenvalue weighted by Gasteiger charge is -2.23. The highest BCUT2D eigenvalue weighted by Gasteiger charge is 2.28. The van der Waals surface area contributed by atoms with Crippen molar-refractivity contribution in [1.82, 2.24) is 0 Å². The van der Waals surface area contributed by atoms with Crippen LogP contribution in [0.5, 0.6) is 0 Å². The van der Waals surface area contributed by atoms with Crippen molar-refractivity contribution in [3.8, 4) is 0 Å². The van der Waals surface area contributed by atoms with Gasteiger partial charge in [-0.05, 0) is 38.2 Å². The predicted molar refractivity (Wildman–Crippen MR) is 126 cm³/mol. The molecule has 0 radical (unpaired) electrons. The molecule has 1 aromatic carbocycles. The van der Waals surface area contributed by atoms with Crippen LogP contribution in [0.3, 0.4) is 0 Å². The molecule has 0 aromatic heterocycles. The molecule has 2 N–H and O–H groups in total. The van der Waals surface area contributed by atoms with Crippen LogP contribution in [0.25, 0.3) is 0 Å². The van der Waals surface area contributed by atoms with Crippen LogP contribution in [0.1, 0.15) is 104 Å². The van der Waals surface area contributed by atoms with E-state index in [9.17, 15) is 4.79 Å². The highest BCUT2D eigenvalue weighted by Crippen LogP contribution is 2.25. The molecule has 0 saturated carbocycles. The number of carbonyl (C=O) groups is 1. The number of unbranched alkanes of at least 4 members (excludes halogenated alkanes) is 3. The summed E-state index contributed by atoms with van der Waals surface area (Å²) >= 11 is 0. The average molecular weight is 406 g/mol. The molecule has 1 unspecified atom stereocenters. The first-order valence-electron chi connectivity index (χ1n) is 11.8. The minimum absolute atomic E-state index is 0.0212. The van der Waals surface area contributed by atoms with Gasteiger partial charge < -0.3 is 10.5 Å². The van der Waals surface area contributed by atoms with Crippen molar-refractivity contribution < 1.29 is 9.53 Å². The second-order valence-corrected chi connectivity index (χ2v) is 8.75. The Balaban J connectivity index is 0.000000807. The van der Waals surface area contributed by atoms with E-state index in [0.717, 1.165) is 25.2 Å². The summed E-state index contributed by atoms with van der Waals surface area (Å²) in [5.74, 6) is 0.714. The van der Waals surface area contributed by atoms with Crippen molar-refractivity contribution >= 4 is 5.97 Å². The van der Waals surface area contributed by atoms with Gasteiger partial charge in [0.15, 0.2) is 0 Å². The Morgan fingerprint density at radius 3 is 2.07 bits per heavy atom. The minimum atomic E-state index is -0.324. The zero-order valence-electron chi connectivity index (χ0n) is 19.8. The van der Waals surface area contributed by atoms with Crippen LogP contribution in [0, 0.1) is 11.3 Å². The van der Waals surface area contributed by atoms with Crippen LogP contribution in [0.4, 0.5) is 0 Å². The molecule has 0 aliphatic carbocycles. The smallest absolute Gasteiger partial charge is 0.311 e. The molecule has 1 aromatic rings. The Morgan fingerprint density at radius 2 is 1.55 bits per heavy atom. The van der Waals surface area contributed by atoms with Gasteiger partial charge in [-0.3, -0.25) is 4.79 Å². The predicted octanol–water partition coefficient (Wildman–Crippen LogP) is 7.28. The van der Waals surface area contributed by atoms with Crippen molar-refractivity contribution in [2.24, 2.45) is 17.1 Å². The number of hydrogen-bond acceptors (Lipinski definition) is 3. The summed E-state index contributed by atoms with van der Waals surface area (Å²) in [6, 6.07) is 9.99. The summed E-state index contributed by atoms with van der Waals surface area (Å²) in [7, 11) is 0. The first-order chi connectivity index (χ1) is 13.9. The summed E-state index contributed by atoms with van der Waals surface area (Å²) < 4.78 is 5.54. The minimum Gasteiger partial charge on any atom is -0.465 e. The average Bonchev–Trinajstić information content (AvgIpc) is 2.72. The third kappa shape index (κ3) is 14.3. The Bertz CT molecular complexity index is 499. The standard InChI is InChI=1S/C19H38O2.C7H9N/c1-6-9-11-13-17(12-10-7-2)14-16-21-18(20)19(4,5)15-8-3;8-6-7-4-2-1-3-5-7/h17H,6-16H2,1-5H3;1-5H,6,8H2. The lowest BCUT2D eigenvalue weighted by Crippen LogP contribution is -2.27. The van der Waals surface area contributed by atoms with Gasteiger partial charge in [-0.25, -0.2) is 0 Å². The summed E-state index contributed by atoms with van der Waals surface area (Å²) in [5, 5.41) is 0. The van der Waals surface area contributed by atoms with Gasteiger partial charge >= 0.3 is 5.97 Å². The SMILES string of the molecule is CCCCCC(CCCC)CCOC(=O)C(C)(C)CCC.NCc1ccccc1. The van der Waals surface area contributed by atoms with Gasteiger partial charge in [-0.1, -0.05) is 102 Å². The van der Waals surface area contributed by atoms with Gasteiger partial charge in [0.05, 0.1) is 12.0 Å². The van der Waals surface area contributed by atoms with Crippen LogP contribution in [-0.2, 0) is 16.1 Å². The van der Waals surface area contributed by atoms with Crippen LogP contribution in [0.15, 0.2) is 30.3 Å². The van der Waals surface area contributed by atoms with Gasteiger partial charge in [-0.2, -0.15) is 0 Å². The second kappa shape index (κ2) is 17.5. The van der Waals surface area contributed by atoms with E-state index in [2.05, 4.69) is 20.8 Å². The van der Waals surface area contributed by atoms with E-state index in [1.807, 2.05) is 44.2 Å². The summed E-state index contributed by atoms with van der Waals surface area (Å²) in [6.07, 6.45) is 12.0. The van der Waals surface area contributed by atoms with E-state index in [1.165, 1.54) is 50.5 Å². The zero-order chi connectivity index (χ0) is 22.0. The molecule has 0 spiro atoms. The normalized spacial score (nSPS) is 12.1. The Hall–Kier alpha value is -1.35. The number of rotatable bonds is 14. The number of hydrogen-bond donors (Lipinski definition) is 1. The van der Waals surface area contributed by atoms with Crippen molar-refractivity contribution in [2.45, 2.75) is 105 Å². The highest BCUT2D eigenvalue weighted by atomic mass is 16.5. The van der Waals surface area contributed by atoms with Gasteiger partial charge in [0, 0.05) is 6.54 Å². The van der Waals surface area contributed by atoms with Crippen LogP contribution in [0.2, 0.25) is 0 Å². The Labute approximate surface area is 180 Å². The number of esters is 1. The molecule has 0 amide bonds. The maximum Gasteiger partial charge on any atom is 0.311 e. The first-order valence-corrected chi connectivity index (χ1v) is 11.8. The molecular weight excluding hydrogens is 358 g/mol. The maximum atomic E-state index is 12.1. The molecule has 29 heavy (non-hydrogen) atoms. The van der Waals surface area contributed by atoms with Crippen molar-refractivity contribution in [3.63, 3.8) is 0 Å². The molecule has 3 heteroatoms. The van der Waals surface area contributed by atoms with E-state index in [4.69, 9.17) is 10.5 Å². The van der Waals surface area contributed by atoms with Gasteiger partial charge in [0.25, 0.3) is 0 Å². The number of nitrogens with two attached hydrogens (primary N) is 1. The first kappa shape index (κ1) is 27.6. The molecular formula is C26H47NO2. The molecule has 0 aliphatic rings. The lowest BCUT2D eigenvalue weighted by atomic mass is 9.88. The molecule has 0 fully saturated rings. The molecule has 3 nitrogen and oxygen atoms in total. The Morgan fingerprint density at radius 1 is 0.931 bits per heavy atom. The van der Waals surface area contributed by atoms with Crippen LogP contribution in [-0.4, -0.2) is 12.6 Å². The monoisotopic (exact) mass is 405 g/mol. The fourth-order valence-corrected chi connectivity index (χ4v) is 3.46. The van der Waals surface area contributed by atoms with E-state index in [-0.39, 0.29) is 11.4 Å². The molecule has 1 atom stereocenters. The van der Waals surface area contributed by atoms with Gasteiger partial charge in [-0.15, -0.1) is 0 Å². The topological polar surface area (TPSA) is 52.3 Å². The van der Waals surface area contributed by atoms with Crippen molar-refractivity contribution in [2.75, 3.05) is 6.61 Å². The molecule has 168 valence electrons. The summed E-state index contributed by atoms with van der Waals surface area (Å²) in [6.45, 7) is 11.8. The van der Waals surface area contributed by atoms with Crippen LogP contribution < -0.4 is 5.73 Å². The molecule has 0 saturated heterocycles. The second-order valence-electron chi connectivity index (χ2n) is 8.75. The molecule has 0 aliphatic heterocycles. The van der Waals surface area contributed by atoms with E-state index >= 15 is 0 Å². The van der Waals surface area contributed by atoms with Gasteiger partial charge in [0.2, 0.25) is 0 Å². The van der Waals surface area contributed by atoms with Gasteiger partial charge in [0.1, 0.15) is 0 Å². The molecule has 1 rings (SSSR count). The summed E-state index contributed by atoms with van der Waals surface area (Å²) in [5.41, 5.74) is 6.21.